The van der Waals surface area contributed by atoms with Crippen molar-refractivity contribution in [1.82, 2.24) is 29.8 Å². The lowest BCUT2D eigenvalue weighted by Crippen LogP contribution is -2.42. The second-order valence-electron chi connectivity index (χ2n) is 13.2. The number of anilines is 1. The summed E-state index contributed by atoms with van der Waals surface area (Å²) in [5, 5.41) is 12.5. The van der Waals surface area contributed by atoms with E-state index in [4.69, 9.17) is 14.6 Å². The Balaban J connectivity index is 1.30. The highest BCUT2D eigenvalue weighted by atomic mass is 127. The molecule has 2 aromatic heterocycles. The van der Waals surface area contributed by atoms with Gasteiger partial charge in [0.25, 0.3) is 0 Å². The number of rotatable bonds is 6. The lowest BCUT2D eigenvalue weighted by atomic mass is 9.99. The van der Waals surface area contributed by atoms with Crippen LogP contribution in [0.25, 0.3) is 16.6 Å². The molecule has 1 N–H and O–H groups in total. The Morgan fingerprint density at radius 2 is 1.85 bits per heavy atom. The molecule has 4 aromatic rings. The zero-order chi connectivity index (χ0) is 33.9. The van der Waals surface area contributed by atoms with Crippen LogP contribution < -0.4 is 10.2 Å². The molecule has 0 unspecified atom stereocenters. The fourth-order valence-electron chi connectivity index (χ4n) is 6.28. The molecular formula is C33H38F2IN7O4. The van der Waals surface area contributed by atoms with Crippen LogP contribution in [0.4, 0.5) is 24.2 Å². The van der Waals surface area contributed by atoms with Gasteiger partial charge in [-0.1, -0.05) is 0 Å². The summed E-state index contributed by atoms with van der Waals surface area (Å²) >= 11 is 1.97. The van der Waals surface area contributed by atoms with E-state index < -0.39 is 17.7 Å². The van der Waals surface area contributed by atoms with Gasteiger partial charge >= 0.3 is 12.1 Å². The summed E-state index contributed by atoms with van der Waals surface area (Å²) in [6.07, 6.45) is 1.51. The van der Waals surface area contributed by atoms with Gasteiger partial charge in [-0.15, -0.1) is 0 Å². The summed E-state index contributed by atoms with van der Waals surface area (Å²) in [5.74, 6) is -0.136. The fourth-order valence-corrected chi connectivity index (χ4v) is 6.88. The molecule has 1 fully saturated rings. The highest BCUT2D eigenvalue weighted by molar-refractivity contribution is 14.1. The average Bonchev–Trinajstić information content (AvgIpc) is 3.68. The number of aromatic nitrogens is 4. The van der Waals surface area contributed by atoms with Crippen LogP contribution in [0, 0.1) is 29.1 Å². The van der Waals surface area contributed by atoms with Crippen molar-refractivity contribution in [3.05, 3.63) is 67.5 Å². The average molecular weight is 762 g/mol. The Kier molecular flexibility index (Phi) is 8.70. The number of urea groups is 1. The number of ether oxygens (including phenoxy) is 2. The second-order valence-corrected chi connectivity index (χ2v) is 14.3. The van der Waals surface area contributed by atoms with E-state index in [1.165, 1.54) is 6.20 Å². The van der Waals surface area contributed by atoms with Gasteiger partial charge in [-0.3, -0.25) is 9.58 Å². The maximum Gasteiger partial charge on any atom is 0.410 e. The first-order valence-electron chi connectivity index (χ1n) is 15.5. The quantitative estimate of drug-likeness (QED) is 0.234. The zero-order valence-corrected chi connectivity index (χ0v) is 29.6. The van der Waals surface area contributed by atoms with Crippen LogP contribution in [-0.2, 0) is 29.5 Å². The Labute approximate surface area is 285 Å². The molecule has 14 heteroatoms. The largest absolute Gasteiger partial charge is 0.444 e. The Hall–Kier alpha value is -3.79. The monoisotopic (exact) mass is 761 g/mol. The zero-order valence-electron chi connectivity index (χ0n) is 27.4. The highest BCUT2D eigenvalue weighted by Crippen LogP contribution is 2.40. The lowest BCUT2D eigenvalue weighted by Gasteiger charge is -2.35. The van der Waals surface area contributed by atoms with Gasteiger partial charge < -0.3 is 19.7 Å². The minimum absolute atomic E-state index is 0.145. The van der Waals surface area contributed by atoms with Gasteiger partial charge in [0.15, 0.2) is 0 Å². The third-order valence-corrected chi connectivity index (χ3v) is 9.72. The molecule has 2 aliphatic rings. The first kappa shape index (κ1) is 33.1. The molecule has 250 valence electrons. The number of hydrogen-bond donors (Lipinski definition) is 1. The van der Waals surface area contributed by atoms with Crippen molar-refractivity contribution in [1.29, 1.82) is 0 Å². The van der Waals surface area contributed by atoms with Crippen molar-refractivity contribution in [2.24, 2.45) is 7.05 Å². The topological polar surface area (TPSA) is 107 Å². The Morgan fingerprint density at radius 1 is 1.15 bits per heavy atom. The Bertz CT molecular complexity index is 1880. The van der Waals surface area contributed by atoms with E-state index in [1.54, 1.807) is 52.2 Å². The predicted octanol–water partition coefficient (Wildman–Crippen LogP) is 6.23. The van der Waals surface area contributed by atoms with Crippen molar-refractivity contribution in [2.45, 2.75) is 72.3 Å². The molecule has 2 aromatic carbocycles. The van der Waals surface area contributed by atoms with Crippen LogP contribution in [0.2, 0.25) is 0 Å². The predicted molar refractivity (Wildman–Crippen MR) is 181 cm³/mol. The first-order chi connectivity index (χ1) is 22.1. The molecule has 6 rings (SSSR count). The molecule has 47 heavy (non-hydrogen) atoms. The van der Waals surface area contributed by atoms with Gasteiger partial charge in [-0.25, -0.2) is 23.1 Å². The van der Waals surface area contributed by atoms with Crippen LogP contribution in [0.5, 0.6) is 0 Å². The number of hydrogen-bond acceptors (Lipinski definition) is 6. The Morgan fingerprint density at radius 3 is 2.53 bits per heavy atom. The third-order valence-electron chi connectivity index (χ3n) is 8.56. The number of halogens is 3. The molecule has 2 aliphatic heterocycles. The smallest absolute Gasteiger partial charge is 0.410 e. The van der Waals surface area contributed by atoms with Gasteiger partial charge in [-0.2, -0.15) is 10.2 Å². The maximum absolute atomic E-state index is 15.0. The SMILES string of the molecule is Cc1cc(-n2nc3c(c2N2C[C@H](COCc4cc5c(cnn5C)c(F)c4I)NC2=O)[C@H](C)N(C(=O)OC(C)(C)C)CC3)cc(C)c1F. The normalized spacial score (nSPS) is 18.2. The van der Waals surface area contributed by atoms with Crippen LogP contribution in [0.1, 0.15) is 61.7 Å². The molecule has 0 bridgehead atoms. The van der Waals surface area contributed by atoms with Gasteiger partial charge in [0.05, 0.1) is 63.9 Å². The minimum atomic E-state index is -0.678. The summed E-state index contributed by atoms with van der Waals surface area (Å²) in [7, 11) is 1.76. The van der Waals surface area contributed by atoms with Crippen molar-refractivity contribution in [3.63, 3.8) is 0 Å². The van der Waals surface area contributed by atoms with E-state index in [0.717, 1.165) is 11.3 Å². The van der Waals surface area contributed by atoms with Crippen LogP contribution >= 0.6 is 22.6 Å². The fraction of sp³-hybridized carbons (Fsp3) is 0.455. The molecule has 3 amide bonds. The van der Waals surface area contributed by atoms with Gasteiger partial charge in [0.1, 0.15) is 23.1 Å². The molecule has 0 aliphatic carbocycles. The van der Waals surface area contributed by atoms with Crippen molar-refractivity contribution in [2.75, 3.05) is 24.6 Å². The number of aryl methyl sites for hydroxylation is 3. The van der Waals surface area contributed by atoms with Crippen LogP contribution in [0.3, 0.4) is 0 Å². The molecule has 1 saturated heterocycles. The second kappa shape index (κ2) is 12.3. The van der Waals surface area contributed by atoms with E-state index in [2.05, 4.69) is 10.4 Å². The van der Waals surface area contributed by atoms with Crippen molar-refractivity contribution < 1.29 is 27.8 Å². The van der Waals surface area contributed by atoms with E-state index in [0.29, 0.717) is 55.6 Å². The number of carbonyl (C=O) groups excluding carboxylic acids is 2. The van der Waals surface area contributed by atoms with Crippen molar-refractivity contribution >= 4 is 51.4 Å². The standard InChI is InChI=1S/C33H38F2IN7O4/c1-17-10-22(11-18(2)27(17)34)43-30(26-19(3)41(9-8-24(26)39-43)32(45)47-33(4,5)6)42-14-21(38-31(42)44)16-46-15-20-12-25-23(13-37-40(25)7)28(35)29(20)36/h10-13,19,21H,8-9,14-16H2,1-7H3,(H,38,44)/t19-,21+/m0/s1. The summed E-state index contributed by atoms with van der Waals surface area (Å²) in [6.45, 7) is 11.7. The number of nitrogens with one attached hydrogen (secondary N) is 1. The van der Waals surface area contributed by atoms with Gasteiger partial charge in [0, 0.05) is 25.6 Å². The van der Waals surface area contributed by atoms with E-state index in [9.17, 15) is 18.4 Å². The van der Waals surface area contributed by atoms with Crippen LogP contribution in [0.15, 0.2) is 24.4 Å². The molecule has 0 saturated carbocycles. The van der Waals surface area contributed by atoms with Crippen molar-refractivity contribution in [3.8, 4) is 5.69 Å². The molecule has 4 heterocycles. The summed E-state index contributed by atoms with van der Waals surface area (Å²) in [5.41, 5.74) is 3.67. The summed E-state index contributed by atoms with van der Waals surface area (Å²) in [4.78, 5) is 30.1. The number of amides is 3. The minimum Gasteiger partial charge on any atom is -0.444 e. The molecule has 11 nitrogen and oxygen atoms in total. The van der Waals surface area contributed by atoms with E-state index in [1.807, 2.05) is 56.4 Å². The number of nitrogens with zero attached hydrogens (tertiary/aromatic N) is 6. The summed E-state index contributed by atoms with van der Waals surface area (Å²) < 4.78 is 45.2. The number of benzene rings is 2. The maximum atomic E-state index is 15.0. The number of fused-ring (bicyclic) bond motifs is 2. The molecule has 0 spiro atoms. The van der Waals surface area contributed by atoms with Gasteiger partial charge in [0.2, 0.25) is 0 Å². The lowest BCUT2D eigenvalue weighted by molar-refractivity contribution is 0.0160. The number of carbonyl (C=O) groups is 2. The first-order valence-corrected chi connectivity index (χ1v) is 16.5. The summed E-state index contributed by atoms with van der Waals surface area (Å²) in [6, 6.07) is 4.08. The van der Waals surface area contributed by atoms with E-state index >= 15 is 0 Å². The molecule has 2 atom stereocenters. The van der Waals surface area contributed by atoms with Gasteiger partial charge in [-0.05, 0) is 99.0 Å². The highest BCUT2D eigenvalue weighted by Gasteiger charge is 2.41. The van der Waals surface area contributed by atoms with Crippen LogP contribution in [-0.4, -0.2) is 67.9 Å². The molecular weight excluding hydrogens is 723 g/mol. The molecule has 0 radical (unpaired) electrons. The van der Waals surface area contributed by atoms with E-state index in [-0.39, 0.29) is 43.5 Å². The third kappa shape index (κ3) is 6.17.